The quantitative estimate of drug-likeness (QED) is 0.676. The zero-order valence-corrected chi connectivity index (χ0v) is 9.04. The first kappa shape index (κ1) is 9.95. The minimum absolute atomic E-state index is 0.146. The summed E-state index contributed by atoms with van der Waals surface area (Å²) in [6.45, 7) is 7.62. The van der Waals surface area contributed by atoms with E-state index in [1.54, 1.807) is 0 Å². The second-order valence-electron chi connectivity index (χ2n) is 5.07. The van der Waals surface area contributed by atoms with Crippen LogP contribution in [0.2, 0.25) is 0 Å². The van der Waals surface area contributed by atoms with Crippen molar-refractivity contribution in [2.75, 3.05) is 13.2 Å². The Bertz CT molecular complexity index is 274. The molecule has 1 heterocycles. The van der Waals surface area contributed by atoms with Gasteiger partial charge in [-0.15, -0.1) is 0 Å². The third kappa shape index (κ3) is 1.43. The molecule has 3 nitrogen and oxygen atoms in total. The summed E-state index contributed by atoms with van der Waals surface area (Å²) in [4.78, 5) is 0. The van der Waals surface area contributed by atoms with Crippen LogP contribution in [0.15, 0.2) is 0 Å². The van der Waals surface area contributed by atoms with E-state index in [0.717, 1.165) is 6.42 Å². The van der Waals surface area contributed by atoms with Crippen molar-refractivity contribution in [1.29, 1.82) is 5.26 Å². The normalized spacial score (nSPS) is 37.9. The highest BCUT2D eigenvalue weighted by Crippen LogP contribution is 2.61. The smallest absolute Gasteiger partial charge is 0.166 e. The van der Waals surface area contributed by atoms with Crippen molar-refractivity contribution >= 4 is 0 Å². The van der Waals surface area contributed by atoms with Crippen LogP contribution in [0.5, 0.6) is 0 Å². The SMILES string of the molecule is CC1(CC2C(C#N)C2(C)C)OCCO1. The van der Waals surface area contributed by atoms with Crippen molar-refractivity contribution in [3.8, 4) is 6.07 Å². The van der Waals surface area contributed by atoms with Gasteiger partial charge in [0.15, 0.2) is 5.79 Å². The van der Waals surface area contributed by atoms with Gasteiger partial charge in [-0.25, -0.2) is 0 Å². The summed E-state index contributed by atoms with van der Waals surface area (Å²) in [6.07, 6.45) is 0.845. The highest BCUT2D eigenvalue weighted by Gasteiger charge is 2.60. The van der Waals surface area contributed by atoms with Crippen LogP contribution >= 0.6 is 0 Å². The molecule has 1 saturated heterocycles. The molecule has 2 aliphatic rings. The van der Waals surface area contributed by atoms with Crippen LogP contribution in [0.4, 0.5) is 0 Å². The van der Waals surface area contributed by atoms with E-state index >= 15 is 0 Å². The highest BCUT2D eigenvalue weighted by molar-refractivity contribution is 5.15. The van der Waals surface area contributed by atoms with E-state index in [9.17, 15) is 0 Å². The Balaban J connectivity index is 1.97. The third-order valence-corrected chi connectivity index (χ3v) is 3.68. The molecule has 14 heavy (non-hydrogen) atoms. The Morgan fingerprint density at radius 2 is 1.86 bits per heavy atom. The number of hydrogen-bond donors (Lipinski definition) is 0. The number of nitriles is 1. The van der Waals surface area contributed by atoms with Crippen molar-refractivity contribution in [3.05, 3.63) is 0 Å². The van der Waals surface area contributed by atoms with E-state index in [1.807, 2.05) is 6.92 Å². The van der Waals surface area contributed by atoms with Gasteiger partial charge in [-0.05, 0) is 18.3 Å². The third-order valence-electron chi connectivity index (χ3n) is 3.68. The molecule has 0 amide bonds. The van der Waals surface area contributed by atoms with Gasteiger partial charge in [-0.3, -0.25) is 0 Å². The molecule has 3 heteroatoms. The molecule has 1 aliphatic carbocycles. The molecule has 0 radical (unpaired) electrons. The first-order chi connectivity index (χ1) is 6.49. The fourth-order valence-corrected chi connectivity index (χ4v) is 2.46. The molecule has 2 atom stereocenters. The predicted octanol–water partition coefficient (Wildman–Crippen LogP) is 1.94. The van der Waals surface area contributed by atoms with Crippen molar-refractivity contribution < 1.29 is 9.47 Å². The second-order valence-corrected chi connectivity index (χ2v) is 5.07. The summed E-state index contributed by atoms with van der Waals surface area (Å²) in [5.74, 6) is 0.163. The summed E-state index contributed by atoms with van der Waals surface area (Å²) in [5, 5.41) is 8.94. The molecule has 2 fully saturated rings. The Kier molecular flexibility index (Phi) is 2.09. The summed E-state index contributed by atoms with van der Waals surface area (Å²) in [6, 6.07) is 2.36. The topological polar surface area (TPSA) is 42.2 Å². The maximum atomic E-state index is 8.94. The van der Waals surface area contributed by atoms with E-state index in [1.165, 1.54) is 0 Å². The number of nitrogens with zero attached hydrogens (tertiary/aromatic N) is 1. The highest BCUT2D eigenvalue weighted by atomic mass is 16.7. The molecule has 0 spiro atoms. The predicted molar refractivity (Wildman–Crippen MR) is 51.3 cm³/mol. The molecule has 78 valence electrons. The largest absolute Gasteiger partial charge is 0.348 e. The zero-order chi connectivity index (χ0) is 10.4. The summed E-state index contributed by atoms with van der Waals surface area (Å²) < 4.78 is 11.1. The van der Waals surface area contributed by atoms with E-state index in [4.69, 9.17) is 14.7 Å². The minimum atomic E-state index is -0.437. The molecule has 0 bridgehead atoms. The van der Waals surface area contributed by atoms with Gasteiger partial charge in [-0.2, -0.15) is 5.26 Å². The summed E-state index contributed by atoms with van der Waals surface area (Å²) in [7, 11) is 0. The molecule has 1 saturated carbocycles. The van der Waals surface area contributed by atoms with Gasteiger partial charge in [0.05, 0.1) is 25.2 Å². The van der Waals surface area contributed by atoms with E-state index in [-0.39, 0.29) is 11.3 Å². The molecule has 2 rings (SSSR count). The molecular weight excluding hydrogens is 178 g/mol. The fourth-order valence-electron chi connectivity index (χ4n) is 2.46. The van der Waals surface area contributed by atoms with Crippen LogP contribution < -0.4 is 0 Å². The maximum Gasteiger partial charge on any atom is 0.166 e. The Labute approximate surface area is 85.0 Å². The van der Waals surface area contributed by atoms with Crippen molar-refractivity contribution in [2.45, 2.75) is 33.0 Å². The lowest BCUT2D eigenvalue weighted by Gasteiger charge is -2.22. The molecule has 2 unspecified atom stereocenters. The average Bonchev–Trinajstić information content (AvgIpc) is 2.48. The first-order valence-electron chi connectivity index (χ1n) is 5.17. The average molecular weight is 195 g/mol. The monoisotopic (exact) mass is 195 g/mol. The van der Waals surface area contributed by atoms with Crippen LogP contribution in [0.25, 0.3) is 0 Å². The first-order valence-corrected chi connectivity index (χ1v) is 5.17. The summed E-state index contributed by atoms with van der Waals surface area (Å²) >= 11 is 0. The van der Waals surface area contributed by atoms with Gasteiger partial charge in [0.2, 0.25) is 0 Å². The molecule has 0 aromatic rings. The van der Waals surface area contributed by atoms with E-state index in [2.05, 4.69) is 19.9 Å². The molecule has 0 N–H and O–H groups in total. The van der Waals surface area contributed by atoms with E-state index < -0.39 is 5.79 Å². The molecule has 0 aromatic carbocycles. The Morgan fingerprint density at radius 3 is 2.29 bits per heavy atom. The van der Waals surface area contributed by atoms with Gasteiger partial charge in [0, 0.05) is 6.42 Å². The fraction of sp³-hybridized carbons (Fsp3) is 0.909. The number of hydrogen-bond acceptors (Lipinski definition) is 3. The maximum absolute atomic E-state index is 8.94. The van der Waals surface area contributed by atoms with E-state index in [0.29, 0.717) is 19.1 Å². The van der Waals surface area contributed by atoms with Gasteiger partial charge >= 0.3 is 0 Å². The Morgan fingerprint density at radius 1 is 1.29 bits per heavy atom. The standard InChI is InChI=1S/C11H17NO2/c1-10(2)8(9(10)7-12)6-11(3)13-4-5-14-11/h8-9H,4-6H2,1-3H3. The van der Waals surface area contributed by atoms with Crippen LogP contribution in [0, 0.1) is 28.6 Å². The Hall–Kier alpha value is -0.590. The van der Waals surface area contributed by atoms with Crippen LogP contribution in [0.3, 0.4) is 0 Å². The van der Waals surface area contributed by atoms with Gasteiger partial charge < -0.3 is 9.47 Å². The number of ether oxygens (including phenoxy) is 2. The minimum Gasteiger partial charge on any atom is -0.348 e. The lowest BCUT2D eigenvalue weighted by atomic mass is 10.0. The summed E-state index contributed by atoms with van der Waals surface area (Å²) in [5.41, 5.74) is 0.146. The van der Waals surface area contributed by atoms with Crippen LogP contribution in [-0.2, 0) is 9.47 Å². The lowest BCUT2D eigenvalue weighted by Crippen LogP contribution is -2.26. The molecule has 1 aliphatic heterocycles. The van der Waals surface area contributed by atoms with Gasteiger partial charge in [0.25, 0.3) is 0 Å². The lowest BCUT2D eigenvalue weighted by molar-refractivity contribution is -0.151. The second kappa shape index (κ2) is 2.95. The van der Waals surface area contributed by atoms with Gasteiger partial charge in [-0.1, -0.05) is 13.8 Å². The molecular formula is C11H17NO2. The van der Waals surface area contributed by atoms with Crippen molar-refractivity contribution in [1.82, 2.24) is 0 Å². The number of rotatable bonds is 2. The zero-order valence-electron chi connectivity index (χ0n) is 9.04. The van der Waals surface area contributed by atoms with Crippen molar-refractivity contribution in [2.24, 2.45) is 17.3 Å². The van der Waals surface area contributed by atoms with Gasteiger partial charge in [0.1, 0.15) is 0 Å². The van der Waals surface area contributed by atoms with Crippen LogP contribution in [-0.4, -0.2) is 19.0 Å². The molecule has 0 aromatic heterocycles. The van der Waals surface area contributed by atoms with Crippen molar-refractivity contribution in [3.63, 3.8) is 0 Å². The van der Waals surface area contributed by atoms with Crippen LogP contribution in [0.1, 0.15) is 27.2 Å².